The lowest BCUT2D eigenvalue weighted by Crippen LogP contribution is -2.47. The van der Waals surface area contributed by atoms with Gasteiger partial charge in [-0.05, 0) is 79.3 Å². The minimum Gasteiger partial charge on any atom is -0.493 e. The van der Waals surface area contributed by atoms with Crippen LogP contribution in [0.25, 0.3) is 0 Å². The van der Waals surface area contributed by atoms with E-state index in [4.69, 9.17) is 10.5 Å². The number of rotatable bonds is 10. The Morgan fingerprint density at radius 1 is 0.903 bits per heavy atom. The zero-order valence-corrected chi connectivity index (χ0v) is 17.5. The van der Waals surface area contributed by atoms with E-state index >= 15 is 0 Å². The third-order valence-corrected chi connectivity index (χ3v) is 5.92. The summed E-state index contributed by atoms with van der Waals surface area (Å²) in [6.07, 6.45) is 0.624. The average Bonchev–Trinajstić information content (AvgIpc) is 3.22. The predicted molar refractivity (Wildman–Crippen MR) is 113 cm³/mol. The Hall–Kier alpha value is -2.09. The van der Waals surface area contributed by atoms with Crippen LogP contribution in [0, 0.1) is 0 Å². The molecule has 1 aliphatic carbocycles. The molecule has 0 saturated heterocycles. The van der Waals surface area contributed by atoms with Crippen LogP contribution in [0.15, 0.2) is 36.4 Å². The molecule has 0 atom stereocenters. The van der Waals surface area contributed by atoms with Crippen LogP contribution in [-0.4, -0.2) is 35.6 Å². The maximum Gasteiger partial charge on any atom is 0.419 e. The Kier molecular flexibility index (Phi) is 7.62. The smallest absolute Gasteiger partial charge is 0.419 e. The fraction of sp³-hybridized carbons (Fsp3) is 0.500. The number of hydrogen-bond acceptors (Lipinski definition) is 4. The molecule has 31 heavy (non-hydrogen) atoms. The van der Waals surface area contributed by atoms with Gasteiger partial charge in [-0.3, -0.25) is 0 Å². The summed E-state index contributed by atoms with van der Waals surface area (Å²) in [5.41, 5.74) is 8.17. The topological polar surface area (TPSA) is 75.7 Å². The van der Waals surface area contributed by atoms with Gasteiger partial charge < -0.3 is 20.7 Å². The molecule has 0 aliphatic heterocycles. The molecule has 0 radical (unpaired) electrons. The minimum absolute atomic E-state index is 0.165. The second-order valence-corrected chi connectivity index (χ2v) is 8.42. The molecule has 0 bridgehead atoms. The van der Waals surface area contributed by atoms with Crippen LogP contribution in [0.1, 0.15) is 47.1 Å². The molecule has 4 N–H and O–H groups in total. The summed E-state index contributed by atoms with van der Waals surface area (Å²) in [6.45, 7) is -0.692. The largest absolute Gasteiger partial charge is 0.493 e. The normalized spacial score (nSPS) is 14.0. The molecule has 0 spiro atoms. The first-order valence-electron chi connectivity index (χ1n) is 10.7. The molecular weight excluding hydrogens is 407 g/mol. The van der Waals surface area contributed by atoms with Crippen LogP contribution in [0.5, 0.6) is 5.75 Å². The zero-order valence-electron chi connectivity index (χ0n) is 17.5. The zero-order chi connectivity index (χ0) is 22.5. The molecule has 4 nitrogen and oxygen atoms in total. The number of aryl methyl sites for hydroxylation is 4. The van der Waals surface area contributed by atoms with E-state index in [-0.39, 0.29) is 25.2 Å². The number of ether oxygens (including phenoxy) is 1. The molecule has 0 heterocycles. The van der Waals surface area contributed by atoms with Crippen LogP contribution in [0.3, 0.4) is 0 Å². The average molecular weight is 438 g/mol. The van der Waals surface area contributed by atoms with Gasteiger partial charge in [0.2, 0.25) is 0 Å². The molecule has 1 aliphatic rings. The molecule has 0 aromatic heterocycles. The predicted octanol–water partition coefficient (Wildman–Crippen LogP) is 3.82. The summed E-state index contributed by atoms with van der Waals surface area (Å²) in [6, 6.07) is 10.4. The van der Waals surface area contributed by atoms with Gasteiger partial charge in [0.05, 0.1) is 30.9 Å². The van der Waals surface area contributed by atoms with Crippen LogP contribution in [0.4, 0.5) is 13.2 Å². The molecule has 2 aromatic rings. The first kappa shape index (κ1) is 23.6. The van der Waals surface area contributed by atoms with Gasteiger partial charge in [0.25, 0.3) is 0 Å². The molecule has 0 amide bonds. The Morgan fingerprint density at radius 2 is 1.58 bits per heavy atom. The lowest BCUT2D eigenvalue weighted by molar-refractivity contribution is -0.139. The summed E-state index contributed by atoms with van der Waals surface area (Å²) in [5.74, 6) is -0.187. The quantitative estimate of drug-likeness (QED) is 0.494. The van der Waals surface area contributed by atoms with E-state index in [1.54, 1.807) is 6.07 Å². The maximum absolute atomic E-state index is 13.6. The fourth-order valence-electron chi connectivity index (χ4n) is 3.92. The van der Waals surface area contributed by atoms with Crippen molar-refractivity contribution in [3.8, 4) is 5.75 Å². The SMILES string of the molecule is NC(CO)(CO)CCc1ccc(OCCCc2ccc3c(c2)CCC3)c(C(F)(F)F)c1. The second-order valence-electron chi connectivity index (χ2n) is 8.42. The van der Waals surface area contributed by atoms with Gasteiger partial charge >= 0.3 is 6.18 Å². The van der Waals surface area contributed by atoms with E-state index in [0.29, 0.717) is 12.0 Å². The van der Waals surface area contributed by atoms with E-state index in [1.165, 1.54) is 29.2 Å². The van der Waals surface area contributed by atoms with Crippen molar-refractivity contribution in [2.24, 2.45) is 5.73 Å². The number of benzene rings is 2. The van der Waals surface area contributed by atoms with E-state index in [0.717, 1.165) is 25.3 Å². The maximum atomic E-state index is 13.6. The lowest BCUT2D eigenvalue weighted by Gasteiger charge is -2.24. The van der Waals surface area contributed by atoms with Gasteiger partial charge in [-0.1, -0.05) is 24.3 Å². The van der Waals surface area contributed by atoms with Crippen molar-refractivity contribution >= 4 is 0 Å². The number of fused-ring (bicyclic) bond motifs is 1. The molecule has 7 heteroatoms. The molecule has 3 rings (SSSR count). The number of aliphatic hydroxyl groups excluding tert-OH is 2. The highest BCUT2D eigenvalue weighted by atomic mass is 19.4. The Bertz CT molecular complexity index is 879. The van der Waals surface area contributed by atoms with Crippen molar-refractivity contribution in [1.29, 1.82) is 0 Å². The van der Waals surface area contributed by atoms with Crippen molar-refractivity contribution < 1.29 is 28.1 Å². The first-order valence-corrected chi connectivity index (χ1v) is 10.7. The number of nitrogens with two attached hydrogens (primary N) is 1. The number of hydrogen-bond donors (Lipinski definition) is 3. The van der Waals surface area contributed by atoms with Crippen LogP contribution in [-0.2, 0) is 31.9 Å². The van der Waals surface area contributed by atoms with Gasteiger partial charge in [0.1, 0.15) is 5.75 Å². The van der Waals surface area contributed by atoms with Gasteiger partial charge in [-0.15, -0.1) is 0 Å². The Morgan fingerprint density at radius 3 is 2.29 bits per heavy atom. The fourth-order valence-corrected chi connectivity index (χ4v) is 3.92. The summed E-state index contributed by atoms with van der Waals surface area (Å²) < 4.78 is 46.2. The van der Waals surface area contributed by atoms with Gasteiger partial charge in [0.15, 0.2) is 0 Å². The third-order valence-electron chi connectivity index (χ3n) is 5.92. The monoisotopic (exact) mass is 437 g/mol. The molecule has 0 fully saturated rings. The Labute approximate surface area is 180 Å². The highest BCUT2D eigenvalue weighted by Gasteiger charge is 2.35. The highest BCUT2D eigenvalue weighted by molar-refractivity contribution is 5.39. The molecule has 0 saturated carbocycles. The van der Waals surface area contributed by atoms with Crippen molar-refractivity contribution in [2.45, 2.75) is 56.7 Å². The van der Waals surface area contributed by atoms with Gasteiger partial charge in [-0.25, -0.2) is 0 Å². The summed E-state index contributed by atoms with van der Waals surface area (Å²) in [7, 11) is 0. The van der Waals surface area contributed by atoms with E-state index in [1.807, 2.05) is 0 Å². The Balaban J connectivity index is 1.59. The second kappa shape index (κ2) is 10.0. The van der Waals surface area contributed by atoms with Crippen molar-refractivity contribution in [3.63, 3.8) is 0 Å². The van der Waals surface area contributed by atoms with Crippen molar-refractivity contribution in [2.75, 3.05) is 19.8 Å². The molecule has 170 valence electrons. The highest BCUT2D eigenvalue weighted by Crippen LogP contribution is 2.37. The number of halogens is 3. The van der Waals surface area contributed by atoms with E-state index in [9.17, 15) is 23.4 Å². The molecule has 0 unspecified atom stereocenters. The summed E-state index contributed by atoms with van der Waals surface area (Å²) in [5, 5.41) is 18.5. The number of aliphatic hydroxyl groups is 2. The summed E-state index contributed by atoms with van der Waals surface area (Å²) in [4.78, 5) is 0. The van der Waals surface area contributed by atoms with Crippen molar-refractivity contribution in [3.05, 3.63) is 64.2 Å². The molecule has 2 aromatic carbocycles. The first-order chi connectivity index (χ1) is 14.7. The molecular formula is C24H30F3NO3. The van der Waals surface area contributed by atoms with Crippen molar-refractivity contribution in [1.82, 2.24) is 0 Å². The van der Waals surface area contributed by atoms with E-state index in [2.05, 4.69) is 18.2 Å². The number of alkyl halides is 3. The van der Waals surface area contributed by atoms with E-state index < -0.39 is 30.5 Å². The van der Waals surface area contributed by atoms with Gasteiger partial charge in [0, 0.05) is 0 Å². The summed E-state index contributed by atoms with van der Waals surface area (Å²) >= 11 is 0. The minimum atomic E-state index is -4.54. The standard InChI is InChI=1S/C24H30F3NO3/c25-24(26,27)21-14-18(10-11-23(28,15-29)16-30)7-9-22(21)31-12-2-3-17-6-8-19-4-1-5-20(19)13-17/h6-9,13-14,29-30H,1-5,10-12,15-16,28H2. The van der Waals surface area contributed by atoms with Crippen LogP contribution < -0.4 is 10.5 Å². The lowest BCUT2D eigenvalue weighted by atomic mass is 9.93. The van der Waals surface area contributed by atoms with Crippen LogP contribution in [0.2, 0.25) is 0 Å². The van der Waals surface area contributed by atoms with Crippen LogP contribution >= 0.6 is 0 Å². The van der Waals surface area contributed by atoms with Gasteiger partial charge in [-0.2, -0.15) is 13.2 Å². The third kappa shape index (κ3) is 6.21.